The van der Waals surface area contributed by atoms with E-state index < -0.39 is 21.8 Å². The number of aryl methyl sites for hydroxylation is 2. The van der Waals surface area contributed by atoms with Gasteiger partial charge in [-0.3, -0.25) is 9.36 Å². The lowest BCUT2D eigenvalue weighted by Crippen LogP contribution is -2.48. The van der Waals surface area contributed by atoms with Crippen molar-refractivity contribution >= 4 is 38.8 Å². The second-order valence-electron chi connectivity index (χ2n) is 8.16. The van der Waals surface area contributed by atoms with Gasteiger partial charge in [-0.25, -0.2) is 13.2 Å². The van der Waals surface area contributed by atoms with E-state index >= 15 is 0 Å². The summed E-state index contributed by atoms with van der Waals surface area (Å²) in [4.78, 5) is 24.9. The zero-order chi connectivity index (χ0) is 23.6. The van der Waals surface area contributed by atoms with Crippen LogP contribution in [-0.2, 0) is 28.3 Å². The molecule has 176 valence electrons. The van der Waals surface area contributed by atoms with Crippen molar-refractivity contribution in [2.45, 2.75) is 42.7 Å². The first-order valence-corrected chi connectivity index (χ1v) is 13.7. The van der Waals surface area contributed by atoms with Crippen LogP contribution < -0.4 is 15.8 Å². The van der Waals surface area contributed by atoms with E-state index in [1.807, 2.05) is 24.5 Å². The van der Waals surface area contributed by atoms with E-state index in [9.17, 15) is 18.0 Å². The summed E-state index contributed by atoms with van der Waals surface area (Å²) >= 11 is 1.54. The lowest BCUT2D eigenvalue weighted by Gasteiger charge is -2.28. The standard InChI is InChI=1S/C23H27N3O5S2/c1-26-20-11-10-16(14-21(20)31-23(26)28)33(29,30)25-19(12-13-32-2)22(27)24-18-9-5-7-15-6-3-4-8-17(15)18/h3-4,6,8,10-11,14,18-19,25H,5,7,9,12-13H2,1-2H3,(H,24,27)/t18-,19-/m0/s1. The number of amides is 1. The highest BCUT2D eigenvalue weighted by molar-refractivity contribution is 7.98. The van der Waals surface area contributed by atoms with Crippen molar-refractivity contribution < 1.29 is 17.6 Å². The fourth-order valence-corrected chi connectivity index (χ4v) is 5.91. The number of hydrogen-bond acceptors (Lipinski definition) is 6. The van der Waals surface area contributed by atoms with Crippen LogP contribution in [0, 0.1) is 0 Å². The minimum Gasteiger partial charge on any atom is -0.408 e. The number of nitrogens with zero attached hydrogens (tertiary/aromatic N) is 1. The third kappa shape index (κ3) is 5.02. The van der Waals surface area contributed by atoms with Crippen molar-refractivity contribution in [1.82, 2.24) is 14.6 Å². The van der Waals surface area contributed by atoms with Gasteiger partial charge >= 0.3 is 5.76 Å². The SMILES string of the molecule is CSCC[C@H](NS(=O)(=O)c1ccc2c(c1)oc(=O)n2C)C(=O)N[C@H]1CCCc2ccccc21. The Morgan fingerprint density at radius 2 is 2.06 bits per heavy atom. The molecular weight excluding hydrogens is 462 g/mol. The van der Waals surface area contributed by atoms with Gasteiger partial charge in [-0.2, -0.15) is 16.5 Å². The molecule has 3 aromatic rings. The van der Waals surface area contributed by atoms with Gasteiger partial charge < -0.3 is 9.73 Å². The molecule has 0 aliphatic heterocycles. The molecule has 2 N–H and O–H groups in total. The largest absolute Gasteiger partial charge is 0.419 e. The number of sulfonamides is 1. The summed E-state index contributed by atoms with van der Waals surface area (Å²) in [5.74, 6) is -0.298. The predicted octanol–water partition coefficient (Wildman–Crippen LogP) is 2.73. The van der Waals surface area contributed by atoms with E-state index in [1.54, 1.807) is 18.8 Å². The average Bonchev–Trinajstić information content (AvgIpc) is 3.09. The average molecular weight is 490 g/mol. The first-order chi connectivity index (χ1) is 15.8. The van der Waals surface area contributed by atoms with Crippen LogP contribution in [0.5, 0.6) is 0 Å². The number of carbonyl (C=O) groups excluding carboxylic acids is 1. The fourth-order valence-electron chi connectivity index (χ4n) is 4.19. The Hall–Kier alpha value is -2.56. The first kappa shape index (κ1) is 23.6. The maximum Gasteiger partial charge on any atom is 0.419 e. The number of benzene rings is 2. The van der Waals surface area contributed by atoms with Gasteiger partial charge in [-0.1, -0.05) is 24.3 Å². The van der Waals surface area contributed by atoms with E-state index in [1.165, 1.54) is 28.3 Å². The molecule has 1 heterocycles. The molecule has 1 aromatic heterocycles. The van der Waals surface area contributed by atoms with Gasteiger partial charge in [0.2, 0.25) is 15.9 Å². The number of aromatic nitrogens is 1. The number of hydrogen-bond donors (Lipinski definition) is 2. The molecule has 0 fully saturated rings. The van der Waals surface area contributed by atoms with Crippen LogP contribution in [-0.4, -0.2) is 36.9 Å². The van der Waals surface area contributed by atoms with Gasteiger partial charge in [-0.15, -0.1) is 0 Å². The van der Waals surface area contributed by atoms with Crippen molar-refractivity contribution in [2.75, 3.05) is 12.0 Å². The van der Waals surface area contributed by atoms with Gasteiger partial charge in [0.1, 0.15) is 6.04 Å². The van der Waals surface area contributed by atoms with Crippen LogP contribution in [0.15, 0.2) is 56.6 Å². The number of fused-ring (bicyclic) bond motifs is 2. The first-order valence-electron chi connectivity index (χ1n) is 10.8. The summed E-state index contributed by atoms with van der Waals surface area (Å²) in [6, 6.07) is 11.2. The van der Waals surface area contributed by atoms with Gasteiger partial charge in [-0.05, 0) is 61.0 Å². The molecule has 2 atom stereocenters. The molecular formula is C23H27N3O5S2. The minimum atomic E-state index is -4.02. The van der Waals surface area contributed by atoms with Gasteiger partial charge in [0.25, 0.3) is 0 Å². The van der Waals surface area contributed by atoms with Crippen molar-refractivity contribution in [3.63, 3.8) is 0 Å². The molecule has 0 saturated carbocycles. The topological polar surface area (TPSA) is 110 Å². The summed E-state index contributed by atoms with van der Waals surface area (Å²) < 4.78 is 35.2. The molecule has 0 spiro atoms. The number of nitrogens with one attached hydrogen (secondary N) is 2. The van der Waals surface area contributed by atoms with Crippen molar-refractivity contribution in [2.24, 2.45) is 7.05 Å². The molecule has 10 heteroatoms. The second kappa shape index (κ2) is 9.74. The highest BCUT2D eigenvalue weighted by Crippen LogP contribution is 2.29. The molecule has 8 nitrogen and oxygen atoms in total. The zero-order valence-electron chi connectivity index (χ0n) is 18.5. The minimum absolute atomic E-state index is 0.0608. The summed E-state index contributed by atoms with van der Waals surface area (Å²) in [6.45, 7) is 0. The van der Waals surface area contributed by atoms with E-state index in [2.05, 4.69) is 16.1 Å². The van der Waals surface area contributed by atoms with Crippen molar-refractivity contribution in [3.05, 3.63) is 64.1 Å². The monoisotopic (exact) mass is 489 g/mol. The molecule has 0 radical (unpaired) electrons. The van der Waals surface area contributed by atoms with E-state index in [-0.39, 0.29) is 22.4 Å². The zero-order valence-corrected chi connectivity index (χ0v) is 20.2. The summed E-state index contributed by atoms with van der Waals surface area (Å²) in [7, 11) is -2.47. The van der Waals surface area contributed by atoms with Crippen LogP contribution in [0.2, 0.25) is 0 Å². The lowest BCUT2D eigenvalue weighted by molar-refractivity contribution is -0.123. The molecule has 33 heavy (non-hydrogen) atoms. The number of rotatable bonds is 8. The van der Waals surface area contributed by atoms with Gasteiger partial charge in [0.05, 0.1) is 16.5 Å². The molecule has 0 bridgehead atoms. The van der Waals surface area contributed by atoms with Crippen LogP contribution in [0.4, 0.5) is 0 Å². The third-order valence-electron chi connectivity index (χ3n) is 5.98. The molecule has 2 aromatic carbocycles. The second-order valence-corrected chi connectivity index (χ2v) is 10.9. The molecule has 0 saturated heterocycles. The van der Waals surface area contributed by atoms with E-state index in [4.69, 9.17) is 4.42 Å². The molecule has 1 aliphatic carbocycles. The summed E-state index contributed by atoms with van der Waals surface area (Å²) in [5, 5.41) is 3.06. The van der Waals surface area contributed by atoms with Crippen LogP contribution in [0.1, 0.15) is 36.4 Å². The smallest absolute Gasteiger partial charge is 0.408 e. The molecule has 0 unspecified atom stereocenters. The summed E-state index contributed by atoms with van der Waals surface area (Å²) in [5.41, 5.74) is 2.97. The lowest BCUT2D eigenvalue weighted by atomic mass is 9.87. The predicted molar refractivity (Wildman–Crippen MR) is 129 cm³/mol. The molecule has 4 rings (SSSR count). The highest BCUT2D eigenvalue weighted by atomic mass is 32.2. The normalized spacial score (nSPS) is 17.0. The van der Waals surface area contributed by atoms with E-state index in [0.29, 0.717) is 17.7 Å². The molecule has 1 amide bonds. The Morgan fingerprint density at radius 3 is 2.85 bits per heavy atom. The number of oxazole rings is 1. The van der Waals surface area contributed by atoms with Crippen LogP contribution in [0.25, 0.3) is 11.1 Å². The van der Waals surface area contributed by atoms with Gasteiger partial charge in [0.15, 0.2) is 5.58 Å². The fraction of sp³-hybridized carbons (Fsp3) is 0.391. The van der Waals surface area contributed by atoms with Crippen molar-refractivity contribution in [3.8, 4) is 0 Å². The summed E-state index contributed by atoms with van der Waals surface area (Å²) in [6.07, 6.45) is 5.01. The number of thioether (sulfide) groups is 1. The van der Waals surface area contributed by atoms with Crippen LogP contribution in [0.3, 0.4) is 0 Å². The Balaban J connectivity index is 1.56. The molecule has 1 aliphatic rings. The quantitative estimate of drug-likeness (QED) is 0.503. The van der Waals surface area contributed by atoms with Crippen molar-refractivity contribution in [1.29, 1.82) is 0 Å². The Bertz CT molecular complexity index is 1330. The Labute approximate surface area is 196 Å². The number of carbonyl (C=O) groups is 1. The third-order valence-corrected chi connectivity index (χ3v) is 8.10. The maximum absolute atomic E-state index is 13.2. The van der Waals surface area contributed by atoms with Gasteiger partial charge in [0, 0.05) is 13.1 Å². The maximum atomic E-state index is 13.2. The van der Waals surface area contributed by atoms with Crippen LogP contribution >= 0.6 is 11.8 Å². The highest BCUT2D eigenvalue weighted by Gasteiger charge is 2.29. The Kier molecular flexibility index (Phi) is 6.96. The Morgan fingerprint density at radius 1 is 1.27 bits per heavy atom. The van der Waals surface area contributed by atoms with E-state index in [0.717, 1.165) is 24.8 Å².